The summed E-state index contributed by atoms with van der Waals surface area (Å²) >= 11 is 0. The van der Waals surface area contributed by atoms with Gasteiger partial charge in [-0.05, 0) is 36.8 Å². The number of phenols is 1. The van der Waals surface area contributed by atoms with Crippen molar-refractivity contribution in [3.05, 3.63) is 53.1 Å². The van der Waals surface area contributed by atoms with E-state index in [1.165, 1.54) is 0 Å². The first kappa shape index (κ1) is 21.0. The Balaban J connectivity index is 2.03. The average Bonchev–Trinajstić information content (AvgIpc) is 2.72. The minimum Gasteiger partial charge on any atom is -0.507 e. The zero-order valence-electron chi connectivity index (χ0n) is 17.8. The normalized spacial score (nSPS) is 17.7. The van der Waals surface area contributed by atoms with Crippen molar-refractivity contribution in [2.45, 2.75) is 39.0 Å². The Kier molecular flexibility index (Phi) is 6.68. The van der Waals surface area contributed by atoms with Crippen LogP contribution in [0, 0.1) is 12.8 Å². The minimum absolute atomic E-state index is 0.0780. The highest BCUT2D eigenvalue weighted by Gasteiger charge is 2.30. The molecule has 1 fully saturated rings. The molecule has 156 valence electrons. The zero-order valence-corrected chi connectivity index (χ0v) is 17.8. The summed E-state index contributed by atoms with van der Waals surface area (Å²) in [7, 11) is 3.12. The molecular formula is C24H31NO4. The monoisotopic (exact) mass is 397 g/mol. The number of rotatable bonds is 6. The van der Waals surface area contributed by atoms with Gasteiger partial charge in [-0.25, -0.2) is 0 Å². The first-order valence-electron chi connectivity index (χ1n) is 10.2. The predicted octanol–water partition coefficient (Wildman–Crippen LogP) is 4.50. The largest absolute Gasteiger partial charge is 0.507 e. The maximum Gasteiger partial charge on any atom is 0.223 e. The Morgan fingerprint density at radius 3 is 2.66 bits per heavy atom. The molecule has 2 aromatic rings. The third-order valence-electron chi connectivity index (χ3n) is 5.85. The average molecular weight is 398 g/mol. The van der Waals surface area contributed by atoms with E-state index in [0.29, 0.717) is 23.0 Å². The minimum atomic E-state index is -0.304. The van der Waals surface area contributed by atoms with Gasteiger partial charge in [-0.3, -0.25) is 4.79 Å². The Labute approximate surface area is 173 Å². The third kappa shape index (κ3) is 4.66. The number of methoxy groups -OCH3 is 2. The molecule has 1 heterocycles. The smallest absolute Gasteiger partial charge is 0.223 e. The number of phenolic OH excluding ortho intramolecular Hbond substituents is 1. The van der Waals surface area contributed by atoms with Gasteiger partial charge >= 0.3 is 0 Å². The summed E-state index contributed by atoms with van der Waals surface area (Å²) in [6, 6.07) is 11.3. The summed E-state index contributed by atoms with van der Waals surface area (Å²) < 4.78 is 10.9. The van der Waals surface area contributed by atoms with Crippen molar-refractivity contribution in [2.24, 2.45) is 5.92 Å². The van der Waals surface area contributed by atoms with E-state index in [4.69, 9.17) is 9.47 Å². The molecule has 29 heavy (non-hydrogen) atoms. The van der Waals surface area contributed by atoms with E-state index >= 15 is 0 Å². The summed E-state index contributed by atoms with van der Waals surface area (Å²) in [5, 5.41) is 10.8. The molecule has 1 saturated heterocycles. The fourth-order valence-electron chi connectivity index (χ4n) is 4.29. The Bertz CT molecular complexity index is 864. The van der Waals surface area contributed by atoms with Gasteiger partial charge in [0.05, 0.1) is 14.2 Å². The van der Waals surface area contributed by atoms with Crippen LogP contribution in [0.5, 0.6) is 17.2 Å². The van der Waals surface area contributed by atoms with Crippen molar-refractivity contribution in [3.8, 4) is 17.2 Å². The highest BCUT2D eigenvalue weighted by Crippen LogP contribution is 2.44. The van der Waals surface area contributed by atoms with Crippen LogP contribution in [0.15, 0.2) is 36.4 Å². The van der Waals surface area contributed by atoms with Crippen molar-refractivity contribution < 1.29 is 19.4 Å². The number of ether oxygens (including phenoxy) is 2. The first-order valence-corrected chi connectivity index (χ1v) is 10.2. The molecule has 1 N–H and O–H groups in total. The lowest BCUT2D eigenvalue weighted by molar-refractivity contribution is -0.133. The molecule has 0 saturated carbocycles. The van der Waals surface area contributed by atoms with Crippen LogP contribution >= 0.6 is 0 Å². The molecule has 0 spiro atoms. The maximum atomic E-state index is 13.2. The van der Waals surface area contributed by atoms with Crippen LogP contribution in [0.25, 0.3) is 0 Å². The van der Waals surface area contributed by atoms with Crippen molar-refractivity contribution in [3.63, 3.8) is 0 Å². The molecule has 0 radical (unpaired) electrons. The molecule has 1 amide bonds. The van der Waals surface area contributed by atoms with Crippen molar-refractivity contribution >= 4 is 5.91 Å². The molecule has 0 aliphatic carbocycles. The number of carbonyl (C=O) groups is 1. The summed E-state index contributed by atoms with van der Waals surface area (Å²) in [5.74, 6) is 1.45. The number of likely N-dealkylation sites (tertiary alicyclic amines) is 1. The lowest BCUT2D eigenvalue weighted by Gasteiger charge is -2.32. The van der Waals surface area contributed by atoms with Gasteiger partial charge in [-0.1, -0.05) is 31.2 Å². The van der Waals surface area contributed by atoms with Gasteiger partial charge in [-0.15, -0.1) is 0 Å². The molecule has 2 aromatic carbocycles. The van der Waals surface area contributed by atoms with Crippen LogP contribution in [0.4, 0.5) is 0 Å². The van der Waals surface area contributed by atoms with Crippen LogP contribution in [0.3, 0.4) is 0 Å². The number of hydrogen-bond acceptors (Lipinski definition) is 4. The summed E-state index contributed by atoms with van der Waals surface area (Å²) in [5.41, 5.74) is 2.72. The van der Waals surface area contributed by atoms with Crippen molar-refractivity contribution in [1.82, 2.24) is 4.90 Å². The van der Waals surface area contributed by atoms with Crippen molar-refractivity contribution in [2.75, 3.05) is 27.3 Å². The SMILES string of the molecule is COc1cc(O)c(C(CC(=O)N2CCCC(C)C2)c2ccccc2C)c(OC)c1. The molecule has 2 unspecified atom stereocenters. The molecule has 1 aliphatic rings. The number of hydrogen-bond donors (Lipinski definition) is 1. The lowest BCUT2D eigenvalue weighted by Crippen LogP contribution is -2.39. The van der Waals surface area contributed by atoms with E-state index in [-0.39, 0.29) is 24.0 Å². The highest BCUT2D eigenvalue weighted by atomic mass is 16.5. The van der Waals surface area contributed by atoms with Crippen molar-refractivity contribution in [1.29, 1.82) is 0 Å². The van der Waals surface area contributed by atoms with Crippen LogP contribution in [-0.2, 0) is 4.79 Å². The molecule has 1 aliphatic heterocycles. The number of aryl methyl sites for hydroxylation is 1. The molecule has 5 nitrogen and oxygen atoms in total. The number of benzene rings is 2. The zero-order chi connectivity index (χ0) is 21.0. The second-order valence-corrected chi connectivity index (χ2v) is 7.96. The Morgan fingerprint density at radius 1 is 1.24 bits per heavy atom. The van der Waals surface area contributed by atoms with E-state index in [2.05, 4.69) is 6.92 Å². The fourth-order valence-corrected chi connectivity index (χ4v) is 4.29. The van der Waals surface area contributed by atoms with Gasteiger partial charge in [0.2, 0.25) is 5.91 Å². The summed E-state index contributed by atoms with van der Waals surface area (Å²) in [4.78, 5) is 15.2. The van der Waals surface area contributed by atoms with Gasteiger partial charge < -0.3 is 19.5 Å². The fraction of sp³-hybridized carbons (Fsp3) is 0.458. The van der Waals surface area contributed by atoms with E-state index in [0.717, 1.165) is 37.1 Å². The molecular weight excluding hydrogens is 366 g/mol. The molecule has 5 heteroatoms. The molecule has 0 aromatic heterocycles. The van der Waals surface area contributed by atoms with Gasteiger partial charge in [0, 0.05) is 43.1 Å². The number of amides is 1. The van der Waals surface area contributed by atoms with Crippen LogP contribution < -0.4 is 9.47 Å². The van der Waals surface area contributed by atoms with E-state index < -0.39 is 0 Å². The van der Waals surface area contributed by atoms with Crippen LogP contribution in [-0.4, -0.2) is 43.2 Å². The summed E-state index contributed by atoms with van der Waals surface area (Å²) in [6.07, 6.45) is 2.49. The molecule has 2 atom stereocenters. The summed E-state index contributed by atoms with van der Waals surface area (Å²) in [6.45, 7) is 5.82. The lowest BCUT2D eigenvalue weighted by atomic mass is 9.84. The molecule has 3 rings (SSSR count). The second kappa shape index (κ2) is 9.21. The highest BCUT2D eigenvalue weighted by molar-refractivity contribution is 5.78. The topological polar surface area (TPSA) is 59.0 Å². The number of aromatic hydroxyl groups is 1. The van der Waals surface area contributed by atoms with E-state index in [1.54, 1.807) is 26.4 Å². The Hall–Kier alpha value is -2.69. The van der Waals surface area contributed by atoms with Gasteiger partial charge in [0.15, 0.2) is 0 Å². The van der Waals surface area contributed by atoms with E-state index in [9.17, 15) is 9.90 Å². The second-order valence-electron chi connectivity index (χ2n) is 7.96. The van der Waals surface area contributed by atoms with E-state index in [1.807, 2.05) is 36.1 Å². The predicted molar refractivity (Wildman–Crippen MR) is 114 cm³/mol. The van der Waals surface area contributed by atoms with Crippen LogP contribution in [0.2, 0.25) is 0 Å². The number of piperidine rings is 1. The molecule has 0 bridgehead atoms. The first-order chi connectivity index (χ1) is 13.9. The van der Waals surface area contributed by atoms with Gasteiger partial charge in [0.1, 0.15) is 17.2 Å². The van der Waals surface area contributed by atoms with Crippen LogP contribution in [0.1, 0.15) is 48.8 Å². The number of nitrogens with zero attached hydrogens (tertiary/aromatic N) is 1. The van der Waals surface area contributed by atoms with Gasteiger partial charge in [-0.2, -0.15) is 0 Å². The Morgan fingerprint density at radius 2 is 2.00 bits per heavy atom. The standard InChI is InChI=1S/C24H31NO4/c1-16-8-7-11-25(15-16)23(27)14-20(19-10-6-5-9-17(19)2)24-21(26)12-18(28-3)13-22(24)29-4/h5-6,9-10,12-13,16,20,26H,7-8,11,14-15H2,1-4H3. The maximum absolute atomic E-state index is 13.2. The quantitative estimate of drug-likeness (QED) is 0.780. The van der Waals surface area contributed by atoms with Gasteiger partial charge in [0.25, 0.3) is 0 Å². The third-order valence-corrected chi connectivity index (χ3v) is 5.85. The number of carbonyl (C=O) groups excluding carboxylic acids is 1.